The van der Waals surface area contributed by atoms with Crippen LogP contribution >= 0.6 is 0 Å². The molecule has 11 heavy (non-hydrogen) atoms. The van der Waals surface area contributed by atoms with Crippen LogP contribution in [0.5, 0.6) is 0 Å². The van der Waals surface area contributed by atoms with Gasteiger partial charge in [0.05, 0.1) is 0 Å². The van der Waals surface area contributed by atoms with E-state index < -0.39 is 0 Å². The molecule has 3 atom stereocenters. The van der Waals surface area contributed by atoms with E-state index >= 15 is 0 Å². The van der Waals surface area contributed by atoms with E-state index in [-0.39, 0.29) is 5.54 Å². The third-order valence-corrected chi connectivity index (χ3v) is 3.15. The maximum Gasteiger partial charge on any atom is 0.0405 e. The summed E-state index contributed by atoms with van der Waals surface area (Å²) in [6.07, 6.45) is 10.2. The molecule has 0 aromatic carbocycles. The van der Waals surface area contributed by atoms with Gasteiger partial charge in [0.1, 0.15) is 0 Å². The second-order valence-electron chi connectivity index (χ2n) is 3.85. The molecule has 0 heterocycles. The van der Waals surface area contributed by atoms with Gasteiger partial charge in [-0.15, -0.1) is 6.58 Å². The van der Waals surface area contributed by atoms with Crippen molar-refractivity contribution in [1.29, 1.82) is 0 Å². The third kappa shape index (κ3) is 0.951. The van der Waals surface area contributed by atoms with Crippen molar-refractivity contribution >= 4 is 0 Å². The van der Waals surface area contributed by atoms with Crippen LogP contribution in [0.3, 0.4) is 0 Å². The fourth-order valence-corrected chi connectivity index (χ4v) is 2.34. The molecule has 3 unspecified atom stereocenters. The summed E-state index contributed by atoms with van der Waals surface area (Å²) in [6, 6.07) is 0. The zero-order valence-corrected chi connectivity index (χ0v) is 6.79. The molecular weight excluding hydrogens is 134 g/mol. The monoisotopic (exact) mass is 149 g/mol. The summed E-state index contributed by atoms with van der Waals surface area (Å²) in [6.45, 7) is 3.82. The highest BCUT2D eigenvalue weighted by atomic mass is 14.8. The van der Waals surface area contributed by atoms with Crippen LogP contribution < -0.4 is 5.73 Å². The lowest BCUT2D eigenvalue weighted by atomic mass is 9.65. The molecule has 0 aromatic heterocycles. The molecule has 0 saturated heterocycles. The van der Waals surface area contributed by atoms with Crippen molar-refractivity contribution in [3.05, 3.63) is 24.8 Å². The average molecular weight is 149 g/mol. The first kappa shape index (κ1) is 7.11. The zero-order chi connectivity index (χ0) is 7.90. The zero-order valence-electron chi connectivity index (χ0n) is 6.79. The van der Waals surface area contributed by atoms with Crippen molar-refractivity contribution in [2.24, 2.45) is 17.6 Å². The summed E-state index contributed by atoms with van der Waals surface area (Å²) in [4.78, 5) is 0. The van der Waals surface area contributed by atoms with Crippen LogP contribution in [0.1, 0.15) is 19.3 Å². The summed E-state index contributed by atoms with van der Waals surface area (Å²) in [7, 11) is 0. The lowest BCUT2D eigenvalue weighted by molar-refractivity contribution is 0.222. The molecule has 2 N–H and O–H groups in total. The first-order valence-corrected chi connectivity index (χ1v) is 4.35. The molecular formula is C10H15N. The summed E-state index contributed by atoms with van der Waals surface area (Å²) < 4.78 is 0. The minimum atomic E-state index is -0.0856. The first-order chi connectivity index (χ1) is 5.24. The third-order valence-electron chi connectivity index (χ3n) is 3.15. The summed E-state index contributed by atoms with van der Waals surface area (Å²) in [5.74, 6) is 1.29. The van der Waals surface area contributed by atoms with E-state index in [2.05, 4.69) is 18.7 Å². The van der Waals surface area contributed by atoms with E-state index in [0.717, 1.165) is 12.3 Å². The van der Waals surface area contributed by atoms with Crippen LogP contribution in [0.15, 0.2) is 24.8 Å². The molecule has 0 aromatic rings. The molecule has 3 rings (SSSR count). The lowest BCUT2D eigenvalue weighted by Gasteiger charge is -2.44. The Morgan fingerprint density at radius 2 is 2.27 bits per heavy atom. The Labute approximate surface area is 68.0 Å². The van der Waals surface area contributed by atoms with Gasteiger partial charge in [-0.3, -0.25) is 0 Å². The Hall–Kier alpha value is -0.560. The highest BCUT2D eigenvalue weighted by Gasteiger charge is 2.39. The Balaban J connectivity index is 2.29. The fourth-order valence-electron chi connectivity index (χ4n) is 2.34. The van der Waals surface area contributed by atoms with Crippen LogP contribution in [-0.2, 0) is 0 Å². The predicted molar refractivity (Wildman–Crippen MR) is 47.1 cm³/mol. The standard InChI is InChI=1S/C10H15N/c1-2-10(11)7-8-3-5-9(10)6-4-8/h2-3,5,8-9H,1,4,6-7,11H2. The number of rotatable bonds is 1. The fraction of sp³-hybridized carbons (Fsp3) is 0.600. The van der Waals surface area contributed by atoms with Gasteiger partial charge in [-0.25, -0.2) is 0 Å². The predicted octanol–water partition coefficient (Wildman–Crippen LogP) is 1.86. The normalized spacial score (nSPS) is 47.7. The molecule has 0 spiro atoms. The number of allylic oxidation sites excluding steroid dienone is 1. The number of hydrogen-bond donors (Lipinski definition) is 1. The second-order valence-corrected chi connectivity index (χ2v) is 3.85. The number of hydrogen-bond acceptors (Lipinski definition) is 1. The topological polar surface area (TPSA) is 26.0 Å². The molecule has 3 aliphatic carbocycles. The molecule has 0 radical (unpaired) electrons. The van der Waals surface area contributed by atoms with Crippen LogP contribution in [0.4, 0.5) is 0 Å². The van der Waals surface area contributed by atoms with Crippen molar-refractivity contribution in [1.82, 2.24) is 0 Å². The molecule has 2 bridgehead atoms. The van der Waals surface area contributed by atoms with Crippen LogP contribution in [0.25, 0.3) is 0 Å². The van der Waals surface area contributed by atoms with E-state index in [0.29, 0.717) is 5.92 Å². The summed E-state index contributed by atoms with van der Waals surface area (Å²) >= 11 is 0. The van der Waals surface area contributed by atoms with Crippen molar-refractivity contribution < 1.29 is 0 Å². The van der Waals surface area contributed by atoms with Crippen molar-refractivity contribution in [2.75, 3.05) is 0 Å². The lowest BCUT2D eigenvalue weighted by Crippen LogP contribution is -2.50. The Morgan fingerprint density at radius 1 is 1.45 bits per heavy atom. The molecule has 60 valence electrons. The van der Waals surface area contributed by atoms with Gasteiger partial charge in [0.25, 0.3) is 0 Å². The average Bonchev–Trinajstić information content (AvgIpc) is 2.06. The van der Waals surface area contributed by atoms with E-state index in [9.17, 15) is 0 Å². The van der Waals surface area contributed by atoms with Gasteiger partial charge in [-0.2, -0.15) is 0 Å². The van der Waals surface area contributed by atoms with Gasteiger partial charge in [-0.05, 0) is 31.1 Å². The maximum atomic E-state index is 6.17. The van der Waals surface area contributed by atoms with Crippen molar-refractivity contribution in [3.63, 3.8) is 0 Å². The minimum absolute atomic E-state index is 0.0856. The molecule has 1 heteroatoms. The van der Waals surface area contributed by atoms with Crippen LogP contribution in [0, 0.1) is 11.8 Å². The van der Waals surface area contributed by atoms with Gasteiger partial charge in [0.2, 0.25) is 0 Å². The van der Waals surface area contributed by atoms with Gasteiger partial charge >= 0.3 is 0 Å². The van der Waals surface area contributed by atoms with Crippen molar-refractivity contribution in [3.8, 4) is 0 Å². The van der Waals surface area contributed by atoms with Crippen LogP contribution in [-0.4, -0.2) is 5.54 Å². The summed E-state index contributed by atoms with van der Waals surface area (Å²) in [5, 5.41) is 0. The smallest absolute Gasteiger partial charge is 0.0405 e. The SMILES string of the molecule is C=CC1(N)CC2C=CC1CC2. The highest BCUT2D eigenvalue weighted by molar-refractivity contribution is 5.20. The first-order valence-electron chi connectivity index (χ1n) is 4.35. The highest BCUT2D eigenvalue weighted by Crippen LogP contribution is 2.42. The number of fused-ring (bicyclic) bond motifs is 2. The minimum Gasteiger partial charge on any atom is -0.321 e. The molecule has 1 fully saturated rings. The quantitative estimate of drug-likeness (QED) is 0.566. The van der Waals surface area contributed by atoms with E-state index in [4.69, 9.17) is 5.73 Å². The molecule has 0 aliphatic heterocycles. The Morgan fingerprint density at radius 3 is 2.55 bits per heavy atom. The molecule has 3 aliphatic rings. The van der Waals surface area contributed by atoms with Gasteiger partial charge in [0, 0.05) is 5.54 Å². The van der Waals surface area contributed by atoms with Gasteiger partial charge < -0.3 is 5.73 Å². The molecule has 1 nitrogen and oxygen atoms in total. The maximum absolute atomic E-state index is 6.17. The summed E-state index contributed by atoms with van der Waals surface area (Å²) in [5.41, 5.74) is 6.09. The van der Waals surface area contributed by atoms with Crippen LogP contribution in [0.2, 0.25) is 0 Å². The van der Waals surface area contributed by atoms with Gasteiger partial charge in [0.15, 0.2) is 0 Å². The van der Waals surface area contributed by atoms with E-state index in [1.165, 1.54) is 12.8 Å². The Kier molecular flexibility index (Phi) is 1.43. The Bertz CT molecular complexity index is 207. The number of nitrogens with two attached hydrogens (primary N) is 1. The van der Waals surface area contributed by atoms with E-state index in [1.54, 1.807) is 0 Å². The van der Waals surface area contributed by atoms with Gasteiger partial charge in [-0.1, -0.05) is 18.2 Å². The van der Waals surface area contributed by atoms with E-state index in [1.807, 2.05) is 6.08 Å². The molecule has 1 saturated carbocycles. The van der Waals surface area contributed by atoms with Crippen molar-refractivity contribution in [2.45, 2.75) is 24.8 Å². The largest absolute Gasteiger partial charge is 0.321 e. The molecule has 0 amide bonds. The second kappa shape index (κ2) is 2.21.